The summed E-state index contributed by atoms with van der Waals surface area (Å²) < 4.78 is 13.7. The minimum absolute atomic E-state index is 0.0780. The van der Waals surface area contributed by atoms with Crippen LogP contribution in [0, 0.1) is 21.8 Å². The first-order valence-electron chi connectivity index (χ1n) is 6.86. The molecule has 1 heterocycles. The average molecular weight is 281 g/mol. The van der Waals surface area contributed by atoms with E-state index in [4.69, 9.17) is 0 Å². The van der Waals surface area contributed by atoms with Gasteiger partial charge in [-0.25, -0.2) is 4.39 Å². The van der Waals surface area contributed by atoms with E-state index < -0.39 is 10.7 Å². The van der Waals surface area contributed by atoms with Gasteiger partial charge in [0.1, 0.15) is 5.82 Å². The molecule has 2 rings (SSSR count). The molecule has 2 unspecified atom stereocenters. The summed E-state index contributed by atoms with van der Waals surface area (Å²) in [6.07, 6.45) is 2.22. The lowest BCUT2D eigenvalue weighted by Gasteiger charge is -2.34. The molecule has 1 saturated heterocycles. The van der Waals surface area contributed by atoms with Crippen LogP contribution < -0.4 is 5.32 Å². The van der Waals surface area contributed by atoms with Crippen LogP contribution in [0.1, 0.15) is 19.8 Å². The Morgan fingerprint density at radius 1 is 1.55 bits per heavy atom. The van der Waals surface area contributed by atoms with Crippen LogP contribution >= 0.6 is 0 Å². The van der Waals surface area contributed by atoms with Gasteiger partial charge in [0.25, 0.3) is 5.69 Å². The maximum absolute atomic E-state index is 13.7. The van der Waals surface area contributed by atoms with Crippen molar-refractivity contribution in [2.24, 2.45) is 5.92 Å². The van der Waals surface area contributed by atoms with Gasteiger partial charge in [0, 0.05) is 24.7 Å². The fourth-order valence-electron chi connectivity index (χ4n) is 2.71. The van der Waals surface area contributed by atoms with Gasteiger partial charge in [0.15, 0.2) is 0 Å². The van der Waals surface area contributed by atoms with E-state index in [-0.39, 0.29) is 17.4 Å². The Balaban J connectivity index is 2.08. The van der Waals surface area contributed by atoms with Crippen molar-refractivity contribution in [3.63, 3.8) is 0 Å². The fraction of sp³-hybridized carbons (Fsp3) is 0.571. The van der Waals surface area contributed by atoms with E-state index in [0.717, 1.165) is 32.0 Å². The number of hydrogen-bond donors (Lipinski definition) is 1. The minimum atomic E-state index is -0.510. The predicted molar refractivity (Wildman–Crippen MR) is 76.4 cm³/mol. The maximum atomic E-state index is 13.7. The van der Waals surface area contributed by atoms with E-state index in [9.17, 15) is 14.5 Å². The highest BCUT2D eigenvalue weighted by atomic mass is 19.1. The zero-order valence-corrected chi connectivity index (χ0v) is 11.8. The van der Waals surface area contributed by atoms with Crippen molar-refractivity contribution in [2.45, 2.75) is 25.8 Å². The number of nitro benzene ring substituents is 1. The van der Waals surface area contributed by atoms with E-state index in [0.29, 0.717) is 5.92 Å². The minimum Gasteiger partial charge on any atom is -0.380 e. The van der Waals surface area contributed by atoms with Crippen molar-refractivity contribution >= 4 is 11.4 Å². The van der Waals surface area contributed by atoms with Crippen molar-refractivity contribution in [2.75, 3.05) is 25.5 Å². The highest BCUT2D eigenvalue weighted by Gasteiger charge is 2.23. The first kappa shape index (κ1) is 14.7. The number of hydrogen-bond acceptors (Lipinski definition) is 4. The SMILES string of the molecule is CC(Nc1cc([N+](=O)[O-])ccc1F)C1CCCN(C)C1. The van der Waals surface area contributed by atoms with Gasteiger partial charge >= 0.3 is 0 Å². The summed E-state index contributed by atoms with van der Waals surface area (Å²) in [6.45, 7) is 4.06. The first-order chi connectivity index (χ1) is 9.47. The van der Waals surface area contributed by atoms with Gasteiger partial charge in [-0.15, -0.1) is 0 Å². The molecule has 0 radical (unpaired) electrons. The third-order valence-electron chi connectivity index (χ3n) is 3.91. The van der Waals surface area contributed by atoms with Crippen LogP contribution in [0.5, 0.6) is 0 Å². The Kier molecular flexibility index (Phi) is 4.54. The number of piperidine rings is 1. The van der Waals surface area contributed by atoms with Gasteiger partial charge in [-0.3, -0.25) is 10.1 Å². The van der Waals surface area contributed by atoms with E-state index >= 15 is 0 Å². The molecular weight excluding hydrogens is 261 g/mol. The van der Waals surface area contributed by atoms with Crippen molar-refractivity contribution in [3.05, 3.63) is 34.1 Å². The second-order valence-corrected chi connectivity index (χ2v) is 5.52. The molecule has 1 N–H and O–H groups in total. The highest BCUT2D eigenvalue weighted by Crippen LogP contribution is 2.25. The van der Waals surface area contributed by atoms with Crippen molar-refractivity contribution in [3.8, 4) is 0 Å². The smallest absolute Gasteiger partial charge is 0.271 e. The lowest BCUT2D eigenvalue weighted by molar-refractivity contribution is -0.384. The molecule has 1 aromatic carbocycles. The van der Waals surface area contributed by atoms with E-state index in [1.807, 2.05) is 6.92 Å². The summed E-state index contributed by atoms with van der Waals surface area (Å²) in [5, 5.41) is 13.8. The molecule has 20 heavy (non-hydrogen) atoms. The quantitative estimate of drug-likeness (QED) is 0.681. The molecule has 0 aromatic heterocycles. The molecule has 1 aliphatic rings. The summed E-state index contributed by atoms with van der Waals surface area (Å²) in [5.74, 6) is -0.0287. The summed E-state index contributed by atoms with van der Waals surface area (Å²) in [7, 11) is 2.08. The standard InChI is InChI=1S/C14H20FN3O2/c1-10(11-4-3-7-17(2)9-11)16-14-8-12(18(19)20)5-6-13(14)15/h5-6,8,10-11,16H,3-4,7,9H2,1-2H3. The molecule has 0 saturated carbocycles. The lowest BCUT2D eigenvalue weighted by Crippen LogP contribution is -2.40. The Bertz CT molecular complexity index is 495. The Hall–Kier alpha value is -1.69. The molecule has 6 heteroatoms. The number of nitrogens with zero attached hydrogens (tertiary/aromatic N) is 2. The van der Waals surface area contributed by atoms with Crippen molar-refractivity contribution < 1.29 is 9.31 Å². The number of anilines is 1. The molecule has 2 atom stereocenters. The van der Waals surface area contributed by atoms with Crippen LogP contribution in [0.15, 0.2) is 18.2 Å². The number of nitro groups is 1. The maximum Gasteiger partial charge on any atom is 0.271 e. The molecule has 0 aliphatic carbocycles. The molecule has 0 amide bonds. The normalized spacial score (nSPS) is 21.4. The summed E-state index contributed by atoms with van der Waals surface area (Å²) in [6, 6.07) is 3.66. The van der Waals surface area contributed by atoms with Crippen LogP contribution in [0.3, 0.4) is 0 Å². The van der Waals surface area contributed by atoms with Crippen LogP contribution in [0.25, 0.3) is 0 Å². The first-order valence-corrected chi connectivity index (χ1v) is 6.86. The van der Waals surface area contributed by atoms with Gasteiger partial charge in [-0.1, -0.05) is 0 Å². The Morgan fingerprint density at radius 2 is 2.30 bits per heavy atom. The second-order valence-electron chi connectivity index (χ2n) is 5.52. The zero-order valence-electron chi connectivity index (χ0n) is 11.8. The molecule has 0 bridgehead atoms. The highest BCUT2D eigenvalue weighted by molar-refractivity contribution is 5.52. The topological polar surface area (TPSA) is 58.4 Å². The largest absolute Gasteiger partial charge is 0.380 e. The van der Waals surface area contributed by atoms with Crippen molar-refractivity contribution in [1.82, 2.24) is 4.90 Å². The summed E-state index contributed by atoms with van der Waals surface area (Å²) >= 11 is 0. The van der Waals surface area contributed by atoms with Gasteiger partial charge < -0.3 is 10.2 Å². The summed E-state index contributed by atoms with van der Waals surface area (Å²) in [5.41, 5.74) is 0.113. The number of benzene rings is 1. The van der Waals surface area contributed by atoms with Gasteiger partial charge in [-0.2, -0.15) is 0 Å². The molecular formula is C14H20FN3O2. The summed E-state index contributed by atoms with van der Waals surface area (Å²) in [4.78, 5) is 12.5. The molecule has 0 spiro atoms. The molecule has 5 nitrogen and oxygen atoms in total. The predicted octanol–water partition coefficient (Wildman–Crippen LogP) is 2.88. The Morgan fingerprint density at radius 3 is 2.95 bits per heavy atom. The number of rotatable bonds is 4. The number of halogens is 1. The number of non-ortho nitro benzene ring substituents is 1. The average Bonchev–Trinajstić information content (AvgIpc) is 2.41. The van der Waals surface area contributed by atoms with Crippen molar-refractivity contribution in [1.29, 1.82) is 0 Å². The van der Waals surface area contributed by atoms with Gasteiger partial charge in [-0.05, 0) is 45.3 Å². The molecule has 1 aromatic rings. The lowest BCUT2D eigenvalue weighted by atomic mass is 9.91. The molecule has 1 aliphatic heterocycles. The molecule has 110 valence electrons. The third-order valence-corrected chi connectivity index (χ3v) is 3.91. The third kappa shape index (κ3) is 3.45. The zero-order chi connectivity index (χ0) is 14.7. The van der Waals surface area contributed by atoms with Gasteiger partial charge in [0.05, 0.1) is 10.6 Å². The van der Waals surface area contributed by atoms with Gasteiger partial charge in [0.2, 0.25) is 0 Å². The fourth-order valence-corrected chi connectivity index (χ4v) is 2.71. The van der Waals surface area contributed by atoms with E-state index in [2.05, 4.69) is 17.3 Å². The van der Waals surface area contributed by atoms with E-state index in [1.54, 1.807) is 0 Å². The Labute approximate surface area is 117 Å². The van der Waals surface area contributed by atoms with Crippen LogP contribution in [-0.2, 0) is 0 Å². The van der Waals surface area contributed by atoms with Crippen LogP contribution in [0.4, 0.5) is 15.8 Å². The molecule has 1 fully saturated rings. The van der Waals surface area contributed by atoms with Crippen LogP contribution in [0.2, 0.25) is 0 Å². The van der Waals surface area contributed by atoms with E-state index in [1.165, 1.54) is 12.1 Å². The second kappa shape index (κ2) is 6.17. The van der Waals surface area contributed by atoms with Crippen LogP contribution in [-0.4, -0.2) is 36.0 Å². The number of nitrogens with one attached hydrogen (secondary N) is 1. The number of likely N-dealkylation sites (tertiary alicyclic amines) is 1. The monoisotopic (exact) mass is 281 g/mol.